The first-order chi connectivity index (χ1) is 10.7. The Morgan fingerprint density at radius 1 is 1.27 bits per heavy atom. The number of hydrogen-bond acceptors (Lipinski definition) is 6. The molecule has 0 aromatic carbocycles. The highest BCUT2D eigenvalue weighted by Crippen LogP contribution is 2.25. The number of rotatable bonds is 3. The minimum absolute atomic E-state index is 0.0427. The largest absolute Gasteiger partial charge is 0.367 e. The van der Waals surface area contributed by atoms with E-state index in [1.54, 1.807) is 12.4 Å². The van der Waals surface area contributed by atoms with Crippen molar-refractivity contribution in [3.8, 4) is 0 Å². The predicted molar refractivity (Wildman–Crippen MR) is 84.3 cm³/mol. The van der Waals surface area contributed by atoms with Gasteiger partial charge in [-0.25, -0.2) is 9.97 Å². The van der Waals surface area contributed by atoms with Crippen molar-refractivity contribution in [1.82, 2.24) is 20.3 Å². The van der Waals surface area contributed by atoms with Crippen LogP contribution in [0.2, 0.25) is 5.28 Å². The standard InChI is InChI=1S/C14H15ClN6O/c15-14-18-4-1-10(20-14)13(22)19-11-9-17-3-2-12(11)21-7-5-16-6-8-21/h1-4,9,16H,5-8H2,(H,19,22). The second-order valence-corrected chi connectivity index (χ2v) is 5.13. The van der Waals surface area contributed by atoms with Crippen LogP contribution in [0, 0.1) is 0 Å². The fourth-order valence-electron chi connectivity index (χ4n) is 2.31. The molecule has 1 saturated heterocycles. The Hall–Kier alpha value is -2.25. The van der Waals surface area contributed by atoms with Gasteiger partial charge in [0, 0.05) is 38.6 Å². The minimum Gasteiger partial charge on any atom is -0.367 e. The van der Waals surface area contributed by atoms with E-state index in [9.17, 15) is 4.79 Å². The summed E-state index contributed by atoms with van der Waals surface area (Å²) in [5.41, 5.74) is 1.82. The zero-order valence-corrected chi connectivity index (χ0v) is 12.5. The second-order valence-electron chi connectivity index (χ2n) is 4.79. The molecule has 0 atom stereocenters. The van der Waals surface area contributed by atoms with Crippen LogP contribution in [0.4, 0.5) is 11.4 Å². The highest BCUT2D eigenvalue weighted by atomic mass is 35.5. The van der Waals surface area contributed by atoms with Crippen LogP contribution in [0.1, 0.15) is 10.5 Å². The summed E-state index contributed by atoms with van der Waals surface area (Å²) in [5.74, 6) is -0.339. The average molecular weight is 319 g/mol. The minimum atomic E-state index is -0.339. The molecular formula is C14H15ClN6O. The Bertz CT molecular complexity index is 674. The first-order valence-electron chi connectivity index (χ1n) is 6.93. The summed E-state index contributed by atoms with van der Waals surface area (Å²) in [7, 11) is 0. The van der Waals surface area contributed by atoms with E-state index in [0.717, 1.165) is 31.9 Å². The number of aromatic nitrogens is 3. The zero-order valence-electron chi connectivity index (χ0n) is 11.8. The Kier molecular flexibility index (Phi) is 4.45. The molecule has 2 aromatic heterocycles. The molecule has 7 nitrogen and oxygen atoms in total. The van der Waals surface area contributed by atoms with Crippen LogP contribution in [0.3, 0.4) is 0 Å². The summed E-state index contributed by atoms with van der Waals surface area (Å²) >= 11 is 5.72. The number of piperazine rings is 1. The summed E-state index contributed by atoms with van der Waals surface area (Å²) in [4.78, 5) is 26.3. The summed E-state index contributed by atoms with van der Waals surface area (Å²) in [6.45, 7) is 3.59. The van der Waals surface area contributed by atoms with Gasteiger partial charge in [0.05, 0.1) is 17.6 Å². The quantitative estimate of drug-likeness (QED) is 0.827. The average Bonchev–Trinajstić information content (AvgIpc) is 2.56. The number of halogens is 1. The summed E-state index contributed by atoms with van der Waals surface area (Å²) in [6, 6.07) is 3.41. The van der Waals surface area contributed by atoms with E-state index in [1.165, 1.54) is 12.3 Å². The van der Waals surface area contributed by atoms with Gasteiger partial charge in [0.2, 0.25) is 5.28 Å². The maximum absolute atomic E-state index is 12.3. The van der Waals surface area contributed by atoms with Gasteiger partial charge in [0.1, 0.15) is 5.69 Å². The smallest absolute Gasteiger partial charge is 0.274 e. The van der Waals surface area contributed by atoms with E-state index < -0.39 is 0 Å². The van der Waals surface area contributed by atoms with Crippen molar-refractivity contribution < 1.29 is 4.79 Å². The molecule has 0 unspecified atom stereocenters. The highest BCUT2D eigenvalue weighted by molar-refractivity contribution is 6.28. The predicted octanol–water partition coefficient (Wildman–Crippen LogP) is 1.19. The van der Waals surface area contributed by atoms with E-state index in [2.05, 4.69) is 30.5 Å². The molecule has 2 N–H and O–H groups in total. The third-order valence-corrected chi connectivity index (χ3v) is 3.54. The van der Waals surface area contributed by atoms with Gasteiger partial charge in [-0.1, -0.05) is 0 Å². The number of nitrogens with one attached hydrogen (secondary N) is 2. The van der Waals surface area contributed by atoms with Crippen molar-refractivity contribution >= 4 is 28.9 Å². The molecule has 3 rings (SSSR count). The summed E-state index contributed by atoms with van der Waals surface area (Å²) in [5, 5.41) is 6.18. The third kappa shape index (κ3) is 3.32. The number of carbonyl (C=O) groups excluding carboxylic acids is 1. The van der Waals surface area contributed by atoms with Crippen LogP contribution in [-0.2, 0) is 0 Å². The van der Waals surface area contributed by atoms with Crippen LogP contribution in [0.15, 0.2) is 30.7 Å². The number of pyridine rings is 1. The zero-order chi connectivity index (χ0) is 15.4. The van der Waals surface area contributed by atoms with Gasteiger partial charge in [-0.15, -0.1) is 0 Å². The van der Waals surface area contributed by atoms with Gasteiger partial charge in [-0.05, 0) is 23.7 Å². The fraction of sp³-hybridized carbons (Fsp3) is 0.286. The fourth-order valence-corrected chi connectivity index (χ4v) is 2.46. The molecular weight excluding hydrogens is 304 g/mol. The molecule has 1 aliphatic heterocycles. The normalized spacial score (nSPS) is 14.7. The lowest BCUT2D eigenvalue weighted by Gasteiger charge is -2.30. The Morgan fingerprint density at radius 2 is 2.09 bits per heavy atom. The maximum Gasteiger partial charge on any atom is 0.274 e. The first kappa shape index (κ1) is 14.7. The molecule has 1 aliphatic rings. The molecule has 0 spiro atoms. The number of hydrogen-bond donors (Lipinski definition) is 2. The molecule has 22 heavy (non-hydrogen) atoms. The number of carbonyl (C=O) groups is 1. The lowest BCUT2D eigenvalue weighted by molar-refractivity contribution is 0.102. The first-order valence-corrected chi connectivity index (χ1v) is 7.31. The maximum atomic E-state index is 12.3. The van der Waals surface area contributed by atoms with Crippen molar-refractivity contribution in [1.29, 1.82) is 0 Å². The van der Waals surface area contributed by atoms with E-state index >= 15 is 0 Å². The molecule has 114 valence electrons. The van der Waals surface area contributed by atoms with Crippen LogP contribution in [-0.4, -0.2) is 47.0 Å². The Labute approximate surface area is 132 Å². The summed E-state index contributed by atoms with van der Waals surface area (Å²) < 4.78 is 0. The molecule has 3 heterocycles. The van der Waals surface area contributed by atoms with Crippen molar-refractivity contribution in [2.45, 2.75) is 0 Å². The van der Waals surface area contributed by atoms with Crippen molar-refractivity contribution in [3.63, 3.8) is 0 Å². The van der Waals surface area contributed by atoms with Crippen LogP contribution in [0.5, 0.6) is 0 Å². The Balaban J connectivity index is 1.81. The molecule has 8 heteroatoms. The van der Waals surface area contributed by atoms with Gasteiger partial charge in [0.25, 0.3) is 5.91 Å². The van der Waals surface area contributed by atoms with Gasteiger partial charge in [0.15, 0.2) is 0 Å². The van der Waals surface area contributed by atoms with Crippen LogP contribution < -0.4 is 15.5 Å². The van der Waals surface area contributed by atoms with Gasteiger partial charge in [-0.2, -0.15) is 0 Å². The van der Waals surface area contributed by atoms with Gasteiger partial charge in [-0.3, -0.25) is 9.78 Å². The van der Waals surface area contributed by atoms with E-state index in [1.807, 2.05) is 6.07 Å². The van der Waals surface area contributed by atoms with E-state index in [-0.39, 0.29) is 16.9 Å². The topological polar surface area (TPSA) is 83.0 Å². The molecule has 0 radical (unpaired) electrons. The van der Waals surface area contributed by atoms with Crippen LogP contribution >= 0.6 is 11.6 Å². The third-order valence-electron chi connectivity index (χ3n) is 3.36. The molecule has 0 bridgehead atoms. The van der Waals surface area contributed by atoms with Crippen LogP contribution in [0.25, 0.3) is 0 Å². The molecule has 1 amide bonds. The lowest BCUT2D eigenvalue weighted by Crippen LogP contribution is -2.43. The highest BCUT2D eigenvalue weighted by Gasteiger charge is 2.16. The van der Waals surface area contributed by atoms with Gasteiger partial charge >= 0.3 is 0 Å². The summed E-state index contributed by atoms with van der Waals surface area (Å²) in [6.07, 6.45) is 4.80. The molecule has 2 aromatic rings. The second kappa shape index (κ2) is 6.67. The van der Waals surface area contributed by atoms with Crippen molar-refractivity contribution in [2.24, 2.45) is 0 Å². The van der Waals surface area contributed by atoms with E-state index in [0.29, 0.717) is 5.69 Å². The lowest BCUT2D eigenvalue weighted by atomic mass is 10.2. The molecule has 0 aliphatic carbocycles. The number of amides is 1. The molecule has 1 fully saturated rings. The van der Waals surface area contributed by atoms with Gasteiger partial charge < -0.3 is 15.5 Å². The monoisotopic (exact) mass is 318 g/mol. The number of anilines is 2. The molecule has 0 saturated carbocycles. The number of nitrogens with zero attached hydrogens (tertiary/aromatic N) is 4. The van der Waals surface area contributed by atoms with E-state index in [4.69, 9.17) is 11.6 Å². The SMILES string of the molecule is O=C(Nc1cnccc1N1CCNCC1)c1ccnc(Cl)n1. The van der Waals surface area contributed by atoms with Crippen molar-refractivity contribution in [2.75, 3.05) is 36.4 Å². The van der Waals surface area contributed by atoms with Crippen molar-refractivity contribution in [3.05, 3.63) is 41.7 Å². The Morgan fingerprint density at radius 3 is 2.86 bits per heavy atom.